The van der Waals surface area contributed by atoms with E-state index in [2.05, 4.69) is 0 Å². The molecule has 0 bridgehead atoms. The minimum atomic E-state index is -1.46. The van der Waals surface area contributed by atoms with E-state index < -0.39 is 11.8 Å². The summed E-state index contributed by atoms with van der Waals surface area (Å²) in [6, 6.07) is 0. The van der Waals surface area contributed by atoms with Crippen molar-refractivity contribution in [3.05, 3.63) is 11.9 Å². The molecule has 0 aliphatic heterocycles. The van der Waals surface area contributed by atoms with Gasteiger partial charge in [0.05, 0.1) is 0 Å². The van der Waals surface area contributed by atoms with Crippen LogP contribution in [0.4, 0.5) is 4.39 Å². The highest BCUT2D eigenvalue weighted by atomic mass is 19.1. The Labute approximate surface area is 52.0 Å². The second-order valence-electron chi connectivity index (χ2n) is 2.16. The normalized spacial score (nSPS) is 19.9. The largest absolute Gasteiger partial charge is 0.476 e. The predicted octanol–water partition coefficient (Wildman–Crippen LogP) is 1.33. The van der Waals surface area contributed by atoms with E-state index in [1.165, 1.54) is 6.08 Å². The van der Waals surface area contributed by atoms with Crippen molar-refractivity contribution >= 4 is 5.97 Å². The third kappa shape index (κ3) is 1.83. The zero-order valence-electron chi connectivity index (χ0n) is 4.80. The fourth-order valence-corrected chi connectivity index (χ4v) is 0.541. The number of allylic oxidation sites excluding steroid dienone is 1. The minimum absolute atomic E-state index is 0.195. The molecule has 0 aromatic carbocycles. The Bertz CT molecular complexity index is 158. The van der Waals surface area contributed by atoms with Crippen molar-refractivity contribution in [2.45, 2.75) is 12.8 Å². The van der Waals surface area contributed by atoms with Gasteiger partial charge in [0.15, 0.2) is 0 Å². The summed E-state index contributed by atoms with van der Waals surface area (Å²) in [5.41, 5.74) is 0. The van der Waals surface area contributed by atoms with Crippen LogP contribution in [0.2, 0.25) is 0 Å². The number of rotatable bonds is 2. The summed E-state index contributed by atoms with van der Waals surface area (Å²) >= 11 is 0. The van der Waals surface area contributed by atoms with Gasteiger partial charge in [-0.2, -0.15) is 4.39 Å². The number of aliphatic carboxylic acids is 1. The van der Waals surface area contributed by atoms with E-state index in [1.807, 2.05) is 0 Å². The molecule has 1 aliphatic rings. The topological polar surface area (TPSA) is 37.3 Å². The molecule has 0 aromatic rings. The Kier molecular flexibility index (Phi) is 1.51. The van der Waals surface area contributed by atoms with Crippen molar-refractivity contribution < 1.29 is 14.3 Å². The number of carboxylic acids is 1. The van der Waals surface area contributed by atoms with Crippen LogP contribution in [0.15, 0.2) is 11.9 Å². The molecular weight excluding hydrogens is 123 g/mol. The molecule has 1 saturated carbocycles. The van der Waals surface area contributed by atoms with Crippen LogP contribution in [0.25, 0.3) is 0 Å². The molecule has 3 heteroatoms. The van der Waals surface area contributed by atoms with Crippen molar-refractivity contribution in [1.82, 2.24) is 0 Å². The Morgan fingerprint density at radius 3 is 2.56 bits per heavy atom. The average molecular weight is 130 g/mol. The molecule has 9 heavy (non-hydrogen) atoms. The smallest absolute Gasteiger partial charge is 0.364 e. The standard InChI is InChI=1S/C6H7FO2/c7-5(6(8)9)3-4-1-2-4/h3-4H,1-2H2,(H,8,9). The summed E-state index contributed by atoms with van der Waals surface area (Å²) in [6.45, 7) is 0. The van der Waals surface area contributed by atoms with Gasteiger partial charge in [0.25, 0.3) is 0 Å². The van der Waals surface area contributed by atoms with E-state index in [9.17, 15) is 9.18 Å². The molecule has 50 valence electrons. The average Bonchev–Trinajstić information content (AvgIpc) is 2.50. The quantitative estimate of drug-likeness (QED) is 0.572. The summed E-state index contributed by atoms with van der Waals surface area (Å²) in [5.74, 6) is -2.28. The van der Waals surface area contributed by atoms with Gasteiger partial charge in [-0.05, 0) is 24.8 Å². The monoisotopic (exact) mass is 130 g/mol. The van der Waals surface area contributed by atoms with Gasteiger partial charge in [0.2, 0.25) is 5.83 Å². The highest BCUT2D eigenvalue weighted by Crippen LogP contribution is 2.31. The zero-order valence-corrected chi connectivity index (χ0v) is 4.80. The fourth-order valence-electron chi connectivity index (χ4n) is 0.541. The molecule has 2 nitrogen and oxygen atoms in total. The highest BCUT2D eigenvalue weighted by Gasteiger charge is 2.21. The van der Waals surface area contributed by atoms with Crippen molar-refractivity contribution in [1.29, 1.82) is 0 Å². The molecular formula is C6H7FO2. The number of hydrogen-bond donors (Lipinski definition) is 1. The van der Waals surface area contributed by atoms with Crippen LogP contribution in [0.5, 0.6) is 0 Å². The maximum Gasteiger partial charge on any atom is 0.364 e. The summed E-state index contributed by atoms with van der Waals surface area (Å²) in [4.78, 5) is 9.82. The van der Waals surface area contributed by atoms with E-state index in [0.29, 0.717) is 0 Å². The van der Waals surface area contributed by atoms with Gasteiger partial charge in [-0.3, -0.25) is 0 Å². The summed E-state index contributed by atoms with van der Waals surface area (Å²) in [6.07, 6.45) is 3.03. The van der Waals surface area contributed by atoms with Crippen LogP contribution < -0.4 is 0 Å². The summed E-state index contributed by atoms with van der Waals surface area (Å²) < 4.78 is 12.1. The van der Waals surface area contributed by atoms with Gasteiger partial charge in [-0.15, -0.1) is 0 Å². The molecule has 0 saturated heterocycles. The van der Waals surface area contributed by atoms with Crippen LogP contribution in [-0.2, 0) is 4.79 Å². The predicted molar refractivity (Wildman–Crippen MR) is 29.6 cm³/mol. The lowest BCUT2D eigenvalue weighted by Gasteiger charge is -1.84. The van der Waals surface area contributed by atoms with Crippen LogP contribution >= 0.6 is 0 Å². The van der Waals surface area contributed by atoms with Gasteiger partial charge in [0, 0.05) is 0 Å². The third-order valence-electron chi connectivity index (χ3n) is 1.21. The molecule has 0 atom stereocenters. The zero-order chi connectivity index (χ0) is 6.85. The number of carboxylic acid groups (broad SMARTS) is 1. The lowest BCUT2D eigenvalue weighted by molar-refractivity contribution is -0.134. The first-order valence-electron chi connectivity index (χ1n) is 2.81. The highest BCUT2D eigenvalue weighted by molar-refractivity contribution is 5.83. The second-order valence-corrected chi connectivity index (χ2v) is 2.16. The Morgan fingerprint density at radius 1 is 1.67 bits per heavy atom. The molecule has 1 fully saturated rings. The second kappa shape index (κ2) is 2.17. The van der Waals surface area contributed by atoms with Crippen LogP contribution in [-0.4, -0.2) is 11.1 Å². The van der Waals surface area contributed by atoms with E-state index >= 15 is 0 Å². The molecule has 0 unspecified atom stereocenters. The molecule has 0 spiro atoms. The minimum Gasteiger partial charge on any atom is -0.476 e. The first-order valence-corrected chi connectivity index (χ1v) is 2.81. The maximum atomic E-state index is 12.1. The third-order valence-corrected chi connectivity index (χ3v) is 1.21. The number of carbonyl (C=O) groups is 1. The van der Waals surface area contributed by atoms with Gasteiger partial charge in [0.1, 0.15) is 0 Å². The van der Waals surface area contributed by atoms with E-state index in [1.54, 1.807) is 0 Å². The van der Waals surface area contributed by atoms with Gasteiger partial charge >= 0.3 is 5.97 Å². The van der Waals surface area contributed by atoms with E-state index in [-0.39, 0.29) is 5.92 Å². The van der Waals surface area contributed by atoms with Crippen LogP contribution in [0, 0.1) is 5.92 Å². The molecule has 1 N–H and O–H groups in total. The summed E-state index contributed by atoms with van der Waals surface area (Å²) in [5, 5.41) is 8.02. The Morgan fingerprint density at radius 2 is 2.22 bits per heavy atom. The molecule has 1 aliphatic carbocycles. The van der Waals surface area contributed by atoms with E-state index in [0.717, 1.165) is 12.8 Å². The van der Waals surface area contributed by atoms with Gasteiger partial charge in [-0.1, -0.05) is 0 Å². The van der Waals surface area contributed by atoms with Crippen molar-refractivity contribution in [2.24, 2.45) is 5.92 Å². The molecule has 0 amide bonds. The van der Waals surface area contributed by atoms with E-state index in [4.69, 9.17) is 5.11 Å². The molecule has 0 heterocycles. The van der Waals surface area contributed by atoms with Crippen molar-refractivity contribution in [3.8, 4) is 0 Å². The fraction of sp³-hybridized carbons (Fsp3) is 0.500. The SMILES string of the molecule is O=C(O)C(F)=CC1CC1. The van der Waals surface area contributed by atoms with Crippen LogP contribution in [0.3, 0.4) is 0 Å². The summed E-state index contributed by atoms with van der Waals surface area (Å²) in [7, 11) is 0. The first-order chi connectivity index (χ1) is 4.20. The van der Waals surface area contributed by atoms with Crippen molar-refractivity contribution in [2.75, 3.05) is 0 Å². The maximum absolute atomic E-state index is 12.1. The Balaban J connectivity index is 2.46. The molecule has 0 aromatic heterocycles. The molecule has 1 rings (SSSR count). The van der Waals surface area contributed by atoms with Gasteiger partial charge in [-0.25, -0.2) is 4.79 Å². The lowest BCUT2D eigenvalue weighted by atomic mass is 10.3. The first kappa shape index (κ1) is 6.26. The lowest BCUT2D eigenvalue weighted by Crippen LogP contribution is -1.94. The van der Waals surface area contributed by atoms with Crippen molar-refractivity contribution in [3.63, 3.8) is 0 Å². The number of hydrogen-bond acceptors (Lipinski definition) is 1. The van der Waals surface area contributed by atoms with Gasteiger partial charge < -0.3 is 5.11 Å². The number of halogens is 1. The molecule has 0 radical (unpaired) electrons. The Hall–Kier alpha value is -0.860. The van der Waals surface area contributed by atoms with Crippen LogP contribution in [0.1, 0.15) is 12.8 Å².